The van der Waals surface area contributed by atoms with Crippen LogP contribution in [0, 0.1) is 0 Å². The molecule has 2 aromatic rings. The number of ether oxygens (including phenoxy) is 2. The molecule has 6 heteroatoms. The molecule has 112 valence electrons. The molecule has 0 aliphatic carbocycles. The largest absolute Gasteiger partial charge is 0.497 e. The van der Waals surface area contributed by atoms with E-state index in [0.29, 0.717) is 0 Å². The summed E-state index contributed by atoms with van der Waals surface area (Å²) in [5, 5.41) is 3.38. The Balaban J connectivity index is 1.95. The quantitative estimate of drug-likeness (QED) is 0.734. The lowest BCUT2D eigenvalue weighted by Crippen LogP contribution is -2.26. The lowest BCUT2D eigenvalue weighted by Gasteiger charge is -2.31. The van der Waals surface area contributed by atoms with Crippen molar-refractivity contribution in [2.45, 2.75) is 18.6 Å². The van der Waals surface area contributed by atoms with Gasteiger partial charge in [0, 0.05) is 27.4 Å². The Bertz CT molecular complexity index is 640. The van der Waals surface area contributed by atoms with E-state index in [0.717, 1.165) is 31.7 Å². The second-order valence-electron chi connectivity index (χ2n) is 4.86. The van der Waals surface area contributed by atoms with Gasteiger partial charge in [0.05, 0.1) is 10.9 Å². The van der Waals surface area contributed by atoms with E-state index in [1.54, 1.807) is 18.4 Å². The van der Waals surface area contributed by atoms with Gasteiger partial charge in [0.15, 0.2) is 0 Å². The van der Waals surface area contributed by atoms with Crippen LogP contribution in [0.5, 0.6) is 11.5 Å². The first-order valence-corrected chi connectivity index (χ1v) is 8.99. The number of thiophene rings is 1. The molecule has 0 bridgehead atoms. The Morgan fingerprint density at radius 1 is 1.33 bits per heavy atom. The summed E-state index contributed by atoms with van der Waals surface area (Å²) < 4.78 is 13.7. The van der Waals surface area contributed by atoms with Crippen molar-refractivity contribution in [2.75, 3.05) is 14.2 Å². The molecular formula is C15H15Br2NO2S. The molecule has 0 saturated heterocycles. The van der Waals surface area contributed by atoms with Crippen LogP contribution in [0.1, 0.15) is 29.0 Å². The standard InChI is InChI=1S/C15H15Br2NO2S/c1-18-11-7-13(14-6-10(16)15(17)21-14)20-12-4-3-8(19-2)5-9(11)12/h3-6,11,13,18H,7H2,1-2H3. The maximum Gasteiger partial charge on any atom is 0.135 e. The molecule has 0 saturated carbocycles. The van der Waals surface area contributed by atoms with Crippen LogP contribution in [-0.4, -0.2) is 14.2 Å². The second-order valence-corrected chi connectivity index (χ2v) is 8.11. The third kappa shape index (κ3) is 2.99. The molecule has 1 aliphatic heterocycles. The average molecular weight is 433 g/mol. The monoisotopic (exact) mass is 431 g/mol. The van der Waals surface area contributed by atoms with Gasteiger partial charge in [-0.1, -0.05) is 0 Å². The molecule has 2 heterocycles. The van der Waals surface area contributed by atoms with E-state index in [1.165, 1.54) is 4.88 Å². The third-order valence-corrected chi connectivity index (χ3v) is 6.99. The van der Waals surface area contributed by atoms with Crippen molar-refractivity contribution in [3.8, 4) is 11.5 Å². The molecule has 1 aromatic heterocycles. The maximum atomic E-state index is 6.19. The van der Waals surface area contributed by atoms with E-state index < -0.39 is 0 Å². The molecule has 0 amide bonds. The molecule has 1 aromatic carbocycles. The summed E-state index contributed by atoms with van der Waals surface area (Å²) in [6.07, 6.45) is 0.965. The van der Waals surface area contributed by atoms with Crippen LogP contribution in [-0.2, 0) is 0 Å². The van der Waals surface area contributed by atoms with Crippen molar-refractivity contribution in [3.63, 3.8) is 0 Å². The predicted octanol–water partition coefficient (Wildman–Crippen LogP) is 5.07. The average Bonchev–Trinajstić information content (AvgIpc) is 2.85. The first kappa shape index (κ1) is 15.3. The van der Waals surface area contributed by atoms with Gasteiger partial charge in [-0.25, -0.2) is 0 Å². The highest BCUT2D eigenvalue weighted by Gasteiger charge is 2.30. The fourth-order valence-corrected chi connectivity index (χ4v) is 4.68. The summed E-state index contributed by atoms with van der Waals surface area (Å²) in [7, 11) is 3.67. The summed E-state index contributed by atoms with van der Waals surface area (Å²) in [5.41, 5.74) is 1.16. The van der Waals surface area contributed by atoms with Gasteiger partial charge in [-0.15, -0.1) is 11.3 Å². The van der Waals surface area contributed by atoms with Crippen LogP contribution in [0.4, 0.5) is 0 Å². The highest BCUT2D eigenvalue weighted by molar-refractivity contribution is 9.13. The molecule has 3 rings (SSSR count). The fraction of sp³-hybridized carbons (Fsp3) is 0.333. The lowest BCUT2D eigenvalue weighted by atomic mass is 9.95. The summed E-state index contributed by atoms with van der Waals surface area (Å²) in [4.78, 5) is 1.22. The van der Waals surface area contributed by atoms with Crippen LogP contribution in [0.15, 0.2) is 32.5 Å². The summed E-state index contributed by atoms with van der Waals surface area (Å²) in [6.45, 7) is 0. The molecule has 2 unspecified atom stereocenters. The van der Waals surface area contributed by atoms with Gasteiger partial charge in [-0.3, -0.25) is 0 Å². The topological polar surface area (TPSA) is 30.5 Å². The van der Waals surface area contributed by atoms with Gasteiger partial charge in [0.1, 0.15) is 17.6 Å². The zero-order valence-electron chi connectivity index (χ0n) is 11.7. The first-order chi connectivity index (χ1) is 10.1. The lowest BCUT2D eigenvalue weighted by molar-refractivity contribution is 0.156. The minimum absolute atomic E-state index is 0.0657. The Hall–Kier alpha value is -0.560. The van der Waals surface area contributed by atoms with Crippen molar-refractivity contribution >= 4 is 43.2 Å². The first-order valence-electron chi connectivity index (χ1n) is 6.59. The van der Waals surface area contributed by atoms with Gasteiger partial charge in [-0.2, -0.15) is 0 Å². The molecular weight excluding hydrogens is 418 g/mol. The van der Waals surface area contributed by atoms with Gasteiger partial charge < -0.3 is 14.8 Å². The molecule has 0 radical (unpaired) electrons. The molecule has 0 fully saturated rings. The highest BCUT2D eigenvalue weighted by Crippen LogP contribution is 2.45. The Morgan fingerprint density at radius 2 is 2.14 bits per heavy atom. The van der Waals surface area contributed by atoms with Crippen LogP contribution < -0.4 is 14.8 Å². The van der Waals surface area contributed by atoms with E-state index >= 15 is 0 Å². The van der Waals surface area contributed by atoms with E-state index in [4.69, 9.17) is 9.47 Å². The Kier molecular flexibility index (Phi) is 4.59. The number of rotatable bonds is 3. The van der Waals surface area contributed by atoms with E-state index in [2.05, 4.69) is 43.2 Å². The van der Waals surface area contributed by atoms with E-state index in [-0.39, 0.29) is 12.1 Å². The van der Waals surface area contributed by atoms with Gasteiger partial charge in [-0.05, 0) is 63.2 Å². The third-order valence-electron chi connectivity index (χ3n) is 3.64. The van der Waals surface area contributed by atoms with Crippen molar-refractivity contribution in [3.05, 3.63) is 43.0 Å². The van der Waals surface area contributed by atoms with Crippen LogP contribution in [0.25, 0.3) is 0 Å². The summed E-state index contributed by atoms with van der Waals surface area (Å²) >= 11 is 8.80. The number of methoxy groups -OCH3 is 1. The predicted molar refractivity (Wildman–Crippen MR) is 92.5 cm³/mol. The molecule has 3 nitrogen and oxygen atoms in total. The minimum atomic E-state index is 0.0657. The Morgan fingerprint density at radius 3 is 2.76 bits per heavy atom. The van der Waals surface area contributed by atoms with E-state index in [9.17, 15) is 0 Å². The van der Waals surface area contributed by atoms with E-state index in [1.807, 2.05) is 25.2 Å². The zero-order chi connectivity index (χ0) is 15.0. The van der Waals surface area contributed by atoms with Gasteiger partial charge in [0.25, 0.3) is 0 Å². The molecule has 0 spiro atoms. The second kappa shape index (κ2) is 6.28. The Labute approximate surface area is 144 Å². The smallest absolute Gasteiger partial charge is 0.135 e. The number of nitrogens with one attached hydrogen (secondary N) is 1. The van der Waals surface area contributed by atoms with Crippen LogP contribution in [0.2, 0.25) is 0 Å². The number of hydrogen-bond donors (Lipinski definition) is 1. The summed E-state index contributed by atoms with van der Waals surface area (Å²) in [5.74, 6) is 1.78. The minimum Gasteiger partial charge on any atom is -0.497 e. The van der Waals surface area contributed by atoms with Crippen molar-refractivity contribution in [1.29, 1.82) is 0 Å². The maximum absolute atomic E-state index is 6.19. The van der Waals surface area contributed by atoms with Crippen molar-refractivity contribution < 1.29 is 9.47 Å². The number of halogens is 2. The van der Waals surface area contributed by atoms with Crippen LogP contribution >= 0.6 is 43.2 Å². The fourth-order valence-electron chi connectivity index (χ4n) is 2.55. The summed E-state index contributed by atoms with van der Waals surface area (Å²) in [6, 6.07) is 8.36. The zero-order valence-corrected chi connectivity index (χ0v) is 15.6. The van der Waals surface area contributed by atoms with Crippen molar-refractivity contribution in [2.24, 2.45) is 0 Å². The number of hydrogen-bond acceptors (Lipinski definition) is 4. The molecule has 1 aliphatic rings. The van der Waals surface area contributed by atoms with Gasteiger partial charge >= 0.3 is 0 Å². The SMILES string of the molecule is CNC1CC(c2cc(Br)c(Br)s2)Oc2ccc(OC)cc21. The number of benzene rings is 1. The molecule has 2 atom stereocenters. The van der Waals surface area contributed by atoms with Crippen LogP contribution in [0.3, 0.4) is 0 Å². The molecule has 1 N–H and O–H groups in total. The molecule has 21 heavy (non-hydrogen) atoms. The normalized spacial score (nSPS) is 20.8. The highest BCUT2D eigenvalue weighted by atomic mass is 79.9. The van der Waals surface area contributed by atoms with Gasteiger partial charge in [0.2, 0.25) is 0 Å². The number of fused-ring (bicyclic) bond motifs is 1. The van der Waals surface area contributed by atoms with Crippen molar-refractivity contribution in [1.82, 2.24) is 5.32 Å².